The Labute approximate surface area is 149 Å². The topological polar surface area (TPSA) is 42.0 Å². The van der Waals surface area contributed by atoms with Gasteiger partial charge >= 0.3 is 0 Å². The fourth-order valence-electron chi connectivity index (χ4n) is 2.50. The zero-order valence-electron chi connectivity index (χ0n) is 13.2. The van der Waals surface area contributed by atoms with Gasteiger partial charge in [-0.3, -0.25) is 4.79 Å². The van der Waals surface area contributed by atoms with Crippen molar-refractivity contribution in [3.8, 4) is 0 Å². The van der Waals surface area contributed by atoms with Crippen LogP contribution in [0.15, 0.2) is 71.2 Å². The van der Waals surface area contributed by atoms with Crippen LogP contribution in [0.25, 0.3) is 17.0 Å². The van der Waals surface area contributed by atoms with Crippen LogP contribution in [-0.2, 0) is 4.79 Å². The molecule has 3 nitrogen and oxygen atoms in total. The van der Waals surface area contributed by atoms with Gasteiger partial charge in [0.15, 0.2) is 0 Å². The predicted molar refractivity (Wildman–Crippen MR) is 101 cm³/mol. The molecule has 0 saturated heterocycles. The SMILES string of the molecule is CC(NC(=O)/C=C/c1ccc2ccccc2n1)c1ccccc1Br. The summed E-state index contributed by atoms with van der Waals surface area (Å²) in [6.07, 6.45) is 3.25. The molecule has 0 radical (unpaired) electrons. The number of benzene rings is 2. The van der Waals surface area contributed by atoms with Gasteiger partial charge in [-0.15, -0.1) is 0 Å². The van der Waals surface area contributed by atoms with Gasteiger partial charge in [-0.05, 0) is 36.8 Å². The van der Waals surface area contributed by atoms with Gasteiger partial charge < -0.3 is 5.32 Å². The number of carbonyl (C=O) groups is 1. The van der Waals surface area contributed by atoms with Gasteiger partial charge in [-0.2, -0.15) is 0 Å². The van der Waals surface area contributed by atoms with Gasteiger partial charge in [0, 0.05) is 15.9 Å². The molecule has 1 unspecified atom stereocenters. The fourth-order valence-corrected chi connectivity index (χ4v) is 3.13. The maximum absolute atomic E-state index is 12.1. The normalized spacial score (nSPS) is 12.4. The van der Waals surface area contributed by atoms with Crippen molar-refractivity contribution in [2.75, 3.05) is 0 Å². The molecule has 0 spiro atoms. The van der Waals surface area contributed by atoms with E-state index in [4.69, 9.17) is 0 Å². The van der Waals surface area contributed by atoms with E-state index in [-0.39, 0.29) is 11.9 Å². The summed E-state index contributed by atoms with van der Waals surface area (Å²) in [4.78, 5) is 16.7. The van der Waals surface area contributed by atoms with Crippen LogP contribution < -0.4 is 5.32 Å². The number of nitrogens with one attached hydrogen (secondary N) is 1. The van der Waals surface area contributed by atoms with E-state index in [9.17, 15) is 4.79 Å². The highest BCUT2D eigenvalue weighted by molar-refractivity contribution is 9.10. The second kappa shape index (κ2) is 7.41. The molecule has 120 valence electrons. The van der Waals surface area contributed by atoms with Crippen molar-refractivity contribution >= 4 is 38.8 Å². The minimum absolute atomic E-state index is 0.0812. The molecule has 4 heteroatoms. The number of aromatic nitrogens is 1. The first-order valence-corrected chi connectivity index (χ1v) is 8.51. The van der Waals surface area contributed by atoms with Crippen LogP contribution >= 0.6 is 15.9 Å². The van der Waals surface area contributed by atoms with Crippen molar-refractivity contribution < 1.29 is 4.79 Å². The Kier molecular flexibility index (Phi) is 5.06. The number of hydrogen-bond donors (Lipinski definition) is 1. The van der Waals surface area contributed by atoms with Gasteiger partial charge in [0.25, 0.3) is 0 Å². The number of para-hydroxylation sites is 1. The number of amides is 1. The predicted octanol–water partition coefficient (Wildman–Crippen LogP) is 4.89. The molecule has 0 bridgehead atoms. The standard InChI is InChI=1S/C20H17BrN2O/c1-14(17-7-3-4-8-18(17)21)22-20(24)13-12-16-11-10-15-6-2-5-9-19(15)23-16/h2-14H,1H3,(H,22,24)/b13-12+. The van der Waals surface area contributed by atoms with Crippen molar-refractivity contribution in [3.63, 3.8) is 0 Å². The number of pyridine rings is 1. The second-order valence-electron chi connectivity index (χ2n) is 5.51. The maximum Gasteiger partial charge on any atom is 0.244 e. The summed E-state index contributed by atoms with van der Waals surface area (Å²) in [5, 5.41) is 4.05. The monoisotopic (exact) mass is 380 g/mol. The van der Waals surface area contributed by atoms with Crippen molar-refractivity contribution in [2.24, 2.45) is 0 Å². The van der Waals surface area contributed by atoms with Crippen LogP contribution in [0.5, 0.6) is 0 Å². The third kappa shape index (κ3) is 3.89. The summed E-state index contributed by atoms with van der Waals surface area (Å²) in [6, 6.07) is 19.6. The molecule has 1 aromatic heterocycles. The number of rotatable bonds is 4. The van der Waals surface area contributed by atoms with Gasteiger partial charge in [-0.25, -0.2) is 4.98 Å². The lowest BCUT2D eigenvalue weighted by atomic mass is 10.1. The Morgan fingerprint density at radius 1 is 1.08 bits per heavy atom. The van der Waals surface area contributed by atoms with Gasteiger partial charge in [0.05, 0.1) is 17.3 Å². The number of carbonyl (C=O) groups excluding carboxylic acids is 1. The molecule has 2 aromatic carbocycles. The molecule has 24 heavy (non-hydrogen) atoms. The zero-order chi connectivity index (χ0) is 16.9. The Morgan fingerprint density at radius 2 is 1.83 bits per heavy atom. The van der Waals surface area contributed by atoms with Crippen molar-refractivity contribution in [1.29, 1.82) is 0 Å². The van der Waals surface area contributed by atoms with E-state index in [0.717, 1.165) is 26.6 Å². The summed E-state index contributed by atoms with van der Waals surface area (Å²) >= 11 is 3.51. The minimum Gasteiger partial charge on any atom is -0.346 e. The van der Waals surface area contributed by atoms with Crippen LogP contribution in [0, 0.1) is 0 Å². The summed E-state index contributed by atoms with van der Waals surface area (Å²) in [6.45, 7) is 1.96. The fraction of sp³-hybridized carbons (Fsp3) is 0.100. The molecule has 1 atom stereocenters. The molecular formula is C20H17BrN2O. The van der Waals surface area contributed by atoms with Crippen LogP contribution in [0.2, 0.25) is 0 Å². The second-order valence-corrected chi connectivity index (χ2v) is 6.37. The first-order valence-electron chi connectivity index (χ1n) is 7.72. The zero-order valence-corrected chi connectivity index (χ0v) is 14.8. The quantitative estimate of drug-likeness (QED) is 0.654. The van der Waals surface area contributed by atoms with Crippen molar-refractivity contribution in [1.82, 2.24) is 10.3 Å². The van der Waals surface area contributed by atoms with Crippen LogP contribution in [0.1, 0.15) is 24.2 Å². The van der Waals surface area contributed by atoms with Gasteiger partial charge in [-0.1, -0.05) is 58.4 Å². The summed E-state index contributed by atoms with van der Waals surface area (Å²) in [7, 11) is 0. The molecule has 0 aliphatic carbocycles. The van der Waals surface area contributed by atoms with Gasteiger partial charge in [0.2, 0.25) is 5.91 Å². The van der Waals surface area contributed by atoms with E-state index in [1.807, 2.05) is 67.6 Å². The Morgan fingerprint density at radius 3 is 2.67 bits per heavy atom. The van der Waals surface area contributed by atoms with Gasteiger partial charge in [0.1, 0.15) is 0 Å². The molecule has 0 fully saturated rings. The average Bonchev–Trinajstić information content (AvgIpc) is 2.60. The lowest BCUT2D eigenvalue weighted by Gasteiger charge is -2.14. The van der Waals surface area contributed by atoms with Crippen molar-refractivity contribution in [3.05, 3.63) is 82.5 Å². The first-order chi connectivity index (χ1) is 11.6. The third-order valence-corrected chi connectivity index (χ3v) is 4.48. The Hall–Kier alpha value is -2.46. The molecule has 1 heterocycles. The molecule has 0 aliphatic rings. The molecule has 3 rings (SSSR count). The lowest BCUT2D eigenvalue weighted by molar-refractivity contribution is -0.117. The van der Waals surface area contributed by atoms with E-state index in [1.54, 1.807) is 6.08 Å². The van der Waals surface area contributed by atoms with E-state index in [1.165, 1.54) is 6.08 Å². The smallest absolute Gasteiger partial charge is 0.244 e. The Balaban J connectivity index is 1.69. The number of fused-ring (bicyclic) bond motifs is 1. The highest BCUT2D eigenvalue weighted by Crippen LogP contribution is 2.22. The molecule has 1 amide bonds. The number of nitrogens with zero attached hydrogens (tertiary/aromatic N) is 1. The minimum atomic E-state index is -0.145. The maximum atomic E-state index is 12.1. The highest BCUT2D eigenvalue weighted by atomic mass is 79.9. The largest absolute Gasteiger partial charge is 0.346 e. The van der Waals surface area contributed by atoms with Crippen molar-refractivity contribution in [2.45, 2.75) is 13.0 Å². The van der Waals surface area contributed by atoms with Crippen LogP contribution in [-0.4, -0.2) is 10.9 Å². The van der Waals surface area contributed by atoms with E-state index < -0.39 is 0 Å². The third-order valence-electron chi connectivity index (χ3n) is 3.76. The first kappa shape index (κ1) is 16.4. The van der Waals surface area contributed by atoms with E-state index in [2.05, 4.69) is 26.2 Å². The molecule has 1 N–H and O–H groups in total. The molecule has 0 aliphatic heterocycles. The number of halogens is 1. The Bertz CT molecular complexity index is 905. The van der Waals surface area contributed by atoms with E-state index >= 15 is 0 Å². The average molecular weight is 381 g/mol. The van der Waals surface area contributed by atoms with E-state index in [0.29, 0.717) is 0 Å². The highest BCUT2D eigenvalue weighted by Gasteiger charge is 2.10. The lowest BCUT2D eigenvalue weighted by Crippen LogP contribution is -2.24. The molecule has 3 aromatic rings. The van der Waals surface area contributed by atoms with Crippen LogP contribution in [0.3, 0.4) is 0 Å². The summed E-state index contributed by atoms with van der Waals surface area (Å²) < 4.78 is 0.984. The van der Waals surface area contributed by atoms with Crippen LogP contribution in [0.4, 0.5) is 0 Å². The molecular weight excluding hydrogens is 364 g/mol. The summed E-state index contributed by atoms with van der Waals surface area (Å²) in [5.41, 5.74) is 2.72. The summed E-state index contributed by atoms with van der Waals surface area (Å²) in [5.74, 6) is -0.145. The number of hydrogen-bond acceptors (Lipinski definition) is 2. The molecule has 0 saturated carbocycles.